The fourth-order valence-corrected chi connectivity index (χ4v) is 10.1. The van der Waals surface area contributed by atoms with E-state index >= 15 is 0 Å². The first kappa shape index (κ1) is 65.7. The molecule has 6 heteroatoms. The van der Waals surface area contributed by atoms with E-state index in [1.54, 1.807) is 0 Å². The average Bonchev–Trinajstić information content (AvgIpc) is 3.24. The highest BCUT2D eigenvalue weighted by Gasteiger charge is 2.39. The number of esters is 1. The highest BCUT2D eigenvalue weighted by molar-refractivity contribution is 5.76. The molecule has 0 radical (unpaired) electrons. The number of hydrogen-bond donors (Lipinski definition) is 2. The van der Waals surface area contributed by atoms with Crippen LogP contribution in [0.3, 0.4) is 0 Å². The van der Waals surface area contributed by atoms with E-state index in [-0.39, 0.29) is 11.4 Å². The molecule has 0 aliphatic rings. The molecule has 0 aromatic heterocycles. The Kier molecular flexibility index (Phi) is 52.0. The van der Waals surface area contributed by atoms with Gasteiger partial charge in [-0.05, 0) is 69.6 Å². The molecule has 63 heavy (non-hydrogen) atoms. The minimum absolute atomic E-state index is 0.138. The first-order valence-electron chi connectivity index (χ1n) is 28.0. The van der Waals surface area contributed by atoms with Crippen LogP contribution in [0, 0.1) is 16.7 Å². The van der Waals surface area contributed by atoms with Gasteiger partial charge in [-0.2, -0.15) is 0 Å². The lowest BCUT2D eigenvalue weighted by molar-refractivity contribution is -0.157. The normalized spacial score (nSPS) is 12.0. The van der Waals surface area contributed by atoms with Crippen molar-refractivity contribution >= 4 is 17.9 Å². The minimum atomic E-state index is -0.833. The fourth-order valence-electron chi connectivity index (χ4n) is 10.1. The summed E-state index contributed by atoms with van der Waals surface area (Å²) in [5.41, 5.74) is 0.285. The summed E-state index contributed by atoms with van der Waals surface area (Å²) in [4.78, 5) is 31.9. The molecular formula is C57H114O6. The molecule has 0 spiro atoms. The summed E-state index contributed by atoms with van der Waals surface area (Å²) in [6, 6.07) is 0. The Hall–Kier alpha value is -1.59. The van der Waals surface area contributed by atoms with E-state index in [4.69, 9.17) is 24.5 Å². The summed E-state index contributed by atoms with van der Waals surface area (Å²) in [7, 11) is 0. The SMILES string of the molecule is CC(=O)O.CC(=O)O.CCCCCCCC(CCCCCC(CCCCCCC)(CCCCCCC)C(=O)OCC)C(CCCCCCC)(CCCCCCC)CCCCCCC. The number of carbonyl (C=O) groups is 3. The van der Waals surface area contributed by atoms with Gasteiger partial charge in [-0.15, -0.1) is 0 Å². The number of rotatable bonds is 45. The topological polar surface area (TPSA) is 101 Å². The van der Waals surface area contributed by atoms with E-state index in [1.807, 2.05) is 6.92 Å². The summed E-state index contributed by atoms with van der Waals surface area (Å²) in [5, 5.41) is 14.8. The summed E-state index contributed by atoms with van der Waals surface area (Å²) >= 11 is 0. The smallest absolute Gasteiger partial charge is 0.312 e. The fraction of sp³-hybridized carbons (Fsp3) is 0.947. The van der Waals surface area contributed by atoms with Gasteiger partial charge >= 0.3 is 5.97 Å². The average molecular weight is 896 g/mol. The second-order valence-electron chi connectivity index (χ2n) is 19.7. The largest absolute Gasteiger partial charge is 0.481 e. The number of carboxylic acid groups (broad SMARTS) is 2. The molecular weight excluding hydrogens is 781 g/mol. The van der Waals surface area contributed by atoms with Crippen LogP contribution < -0.4 is 0 Å². The molecule has 1 unspecified atom stereocenters. The Morgan fingerprint density at radius 1 is 0.365 bits per heavy atom. The van der Waals surface area contributed by atoms with Crippen LogP contribution in [0.25, 0.3) is 0 Å². The van der Waals surface area contributed by atoms with Gasteiger partial charge in [-0.25, -0.2) is 0 Å². The predicted molar refractivity (Wildman–Crippen MR) is 275 cm³/mol. The molecule has 378 valence electrons. The number of carboxylic acids is 2. The van der Waals surface area contributed by atoms with Crippen molar-refractivity contribution in [2.24, 2.45) is 16.7 Å². The third-order valence-electron chi connectivity index (χ3n) is 13.8. The van der Waals surface area contributed by atoms with Crippen molar-refractivity contribution in [3.63, 3.8) is 0 Å². The van der Waals surface area contributed by atoms with E-state index in [1.165, 1.54) is 244 Å². The zero-order valence-electron chi connectivity index (χ0n) is 44.3. The van der Waals surface area contributed by atoms with Crippen molar-refractivity contribution in [3.05, 3.63) is 0 Å². The third kappa shape index (κ3) is 42.8. The molecule has 0 saturated carbocycles. The highest BCUT2D eigenvalue weighted by atomic mass is 16.5. The molecule has 0 saturated heterocycles. The maximum Gasteiger partial charge on any atom is 0.312 e. The summed E-state index contributed by atoms with van der Waals surface area (Å²) in [6.45, 7) is 18.8. The first-order valence-corrected chi connectivity index (χ1v) is 28.0. The van der Waals surface area contributed by atoms with Crippen LogP contribution in [0.1, 0.15) is 326 Å². The lowest BCUT2D eigenvalue weighted by Gasteiger charge is -2.43. The Morgan fingerprint density at radius 3 is 0.841 bits per heavy atom. The maximum atomic E-state index is 13.9. The number of aliphatic carboxylic acids is 2. The van der Waals surface area contributed by atoms with Gasteiger partial charge < -0.3 is 14.9 Å². The van der Waals surface area contributed by atoms with Crippen LogP contribution in [-0.2, 0) is 19.1 Å². The first-order chi connectivity index (χ1) is 30.4. The Labute approximate surface area is 394 Å². The molecule has 0 aromatic rings. The van der Waals surface area contributed by atoms with Crippen LogP contribution in [0.15, 0.2) is 0 Å². The van der Waals surface area contributed by atoms with Gasteiger partial charge in [0.15, 0.2) is 0 Å². The van der Waals surface area contributed by atoms with Gasteiger partial charge in [0.2, 0.25) is 0 Å². The number of hydrogen-bond acceptors (Lipinski definition) is 4. The van der Waals surface area contributed by atoms with E-state index in [9.17, 15) is 4.79 Å². The summed E-state index contributed by atoms with van der Waals surface area (Å²) in [5.74, 6) is -0.649. The Balaban J connectivity index is -0.00000411. The van der Waals surface area contributed by atoms with E-state index in [0.29, 0.717) is 12.0 Å². The molecule has 0 aliphatic carbocycles. The molecule has 0 fully saturated rings. The number of ether oxygens (including phenoxy) is 1. The third-order valence-corrected chi connectivity index (χ3v) is 13.8. The Bertz CT molecular complexity index is 892. The lowest BCUT2D eigenvalue weighted by Crippen LogP contribution is -2.33. The highest BCUT2D eigenvalue weighted by Crippen LogP contribution is 2.49. The number of unbranched alkanes of at least 4 members (excludes halogenated alkanes) is 26. The standard InChI is InChI=1S/C53H106O2.2C2H4O2/c1-8-15-21-27-34-42-50(52(44-36-28-22-16-9-2,45-37-29-23-17-10-3)46-38-30-24-18-11-4)43-35-33-41-49-53(51(54)55-14-7,47-39-31-25-19-12-5)48-40-32-26-20-13-6;2*1-2(3)4/h50H,8-49H2,1-7H3;2*1H3,(H,3,4). The maximum absolute atomic E-state index is 13.9. The van der Waals surface area contributed by atoms with Crippen LogP contribution in [0.4, 0.5) is 0 Å². The van der Waals surface area contributed by atoms with Crippen molar-refractivity contribution in [2.45, 2.75) is 326 Å². The quantitative estimate of drug-likeness (QED) is 0.0466. The minimum Gasteiger partial charge on any atom is -0.481 e. The summed E-state index contributed by atoms with van der Waals surface area (Å²) < 4.78 is 5.92. The molecule has 6 nitrogen and oxygen atoms in total. The monoisotopic (exact) mass is 895 g/mol. The van der Waals surface area contributed by atoms with Crippen LogP contribution in [0.2, 0.25) is 0 Å². The lowest BCUT2D eigenvalue weighted by atomic mass is 9.62. The van der Waals surface area contributed by atoms with Crippen molar-refractivity contribution in [2.75, 3.05) is 6.61 Å². The molecule has 0 rings (SSSR count). The van der Waals surface area contributed by atoms with Crippen molar-refractivity contribution < 1.29 is 29.3 Å². The van der Waals surface area contributed by atoms with E-state index in [2.05, 4.69) is 41.5 Å². The van der Waals surface area contributed by atoms with Crippen LogP contribution in [-0.4, -0.2) is 34.7 Å². The second-order valence-corrected chi connectivity index (χ2v) is 19.7. The molecule has 0 bridgehead atoms. The second kappa shape index (κ2) is 49.8. The van der Waals surface area contributed by atoms with Gasteiger partial charge in [-0.3, -0.25) is 14.4 Å². The zero-order chi connectivity index (χ0) is 47.7. The van der Waals surface area contributed by atoms with Crippen LogP contribution in [0.5, 0.6) is 0 Å². The molecule has 0 heterocycles. The van der Waals surface area contributed by atoms with Gasteiger partial charge in [0.1, 0.15) is 0 Å². The summed E-state index contributed by atoms with van der Waals surface area (Å²) in [6.07, 6.45) is 55.3. The van der Waals surface area contributed by atoms with Crippen molar-refractivity contribution in [1.82, 2.24) is 0 Å². The van der Waals surface area contributed by atoms with Gasteiger partial charge in [0.25, 0.3) is 11.9 Å². The molecule has 0 aliphatic heterocycles. The molecule has 2 N–H and O–H groups in total. The van der Waals surface area contributed by atoms with Gasteiger partial charge in [-0.1, -0.05) is 253 Å². The zero-order valence-corrected chi connectivity index (χ0v) is 44.3. The van der Waals surface area contributed by atoms with Crippen LogP contribution >= 0.6 is 0 Å². The molecule has 1 atom stereocenters. The van der Waals surface area contributed by atoms with E-state index < -0.39 is 11.9 Å². The van der Waals surface area contributed by atoms with Gasteiger partial charge in [0.05, 0.1) is 12.0 Å². The Morgan fingerprint density at radius 2 is 0.587 bits per heavy atom. The van der Waals surface area contributed by atoms with Crippen molar-refractivity contribution in [1.29, 1.82) is 0 Å². The molecule has 0 amide bonds. The van der Waals surface area contributed by atoms with Gasteiger partial charge in [0, 0.05) is 13.8 Å². The molecule has 0 aromatic carbocycles. The van der Waals surface area contributed by atoms with Crippen molar-refractivity contribution in [3.8, 4) is 0 Å². The number of carbonyl (C=O) groups excluding carboxylic acids is 1. The predicted octanol–water partition coefficient (Wildman–Crippen LogP) is 19.4. The van der Waals surface area contributed by atoms with E-state index in [0.717, 1.165) is 39.0 Å².